The molecule has 1 aromatic rings. The number of benzene rings is 1. The second-order valence-corrected chi connectivity index (χ2v) is 5.87. The van der Waals surface area contributed by atoms with Gasteiger partial charge in [-0.1, -0.05) is 63.6 Å². The number of para-hydroxylation sites is 1. The molecule has 0 heterocycles. The van der Waals surface area contributed by atoms with Crippen molar-refractivity contribution in [3.8, 4) is 5.75 Å². The lowest BCUT2D eigenvalue weighted by atomic mass is 10.0. The Hall–Kier alpha value is -1.06. The third-order valence-electron chi connectivity index (χ3n) is 3.75. The summed E-state index contributed by atoms with van der Waals surface area (Å²) >= 11 is 0. The van der Waals surface area contributed by atoms with Crippen LogP contribution < -0.4 is 4.74 Å². The zero-order valence-electron chi connectivity index (χ0n) is 14.2. The second kappa shape index (κ2) is 11.5. The normalized spacial score (nSPS) is 13.8. The van der Waals surface area contributed by atoms with E-state index < -0.39 is 5.79 Å². The summed E-state index contributed by atoms with van der Waals surface area (Å²) in [5.74, 6) is -0.534. The lowest BCUT2D eigenvalue weighted by molar-refractivity contribution is -0.182. The number of ether oxygens (including phenoxy) is 2. The Morgan fingerprint density at radius 1 is 0.909 bits per heavy atom. The van der Waals surface area contributed by atoms with Crippen molar-refractivity contribution in [2.45, 2.75) is 71.0 Å². The van der Waals surface area contributed by atoms with Gasteiger partial charge in [0.1, 0.15) is 12.4 Å². The van der Waals surface area contributed by atoms with Crippen molar-refractivity contribution in [1.82, 2.24) is 0 Å². The summed E-state index contributed by atoms with van der Waals surface area (Å²) in [4.78, 5) is 0. The summed E-state index contributed by atoms with van der Waals surface area (Å²) in [6, 6.07) is 9.47. The molecule has 0 spiro atoms. The molecule has 0 aliphatic rings. The Labute approximate surface area is 135 Å². The van der Waals surface area contributed by atoms with E-state index in [0.717, 1.165) is 12.8 Å². The van der Waals surface area contributed by atoms with E-state index in [4.69, 9.17) is 9.47 Å². The zero-order valence-corrected chi connectivity index (χ0v) is 14.2. The highest BCUT2D eigenvalue weighted by molar-refractivity contribution is 5.21. The van der Waals surface area contributed by atoms with Crippen molar-refractivity contribution in [3.63, 3.8) is 0 Å². The predicted molar refractivity (Wildman–Crippen MR) is 91.1 cm³/mol. The van der Waals surface area contributed by atoms with Crippen LogP contribution in [0.25, 0.3) is 0 Å². The van der Waals surface area contributed by atoms with E-state index in [1.54, 1.807) is 0 Å². The molecule has 1 N–H and O–H groups in total. The van der Waals surface area contributed by atoms with Crippen LogP contribution in [-0.4, -0.2) is 24.1 Å². The van der Waals surface area contributed by atoms with E-state index >= 15 is 0 Å². The van der Waals surface area contributed by atoms with E-state index in [1.165, 1.54) is 32.1 Å². The van der Waals surface area contributed by atoms with Gasteiger partial charge in [-0.3, -0.25) is 0 Å². The summed E-state index contributed by atoms with van der Waals surface area (Å²) in [7, 11) is 0. The number of unbranched alkanes of at least 4 members (excludes halogenated alkanes) is 6. The molecule has 22 heavy (non-hydrogen) atoms. The van der Waals surface area contributed by atoms with Gasteiger partial charge in [0.05, 0.1) is 0 Å². The van der Waals surface area contributed by atoms with Gasteiger partial charge < -0.3 is 14.6 Å². The van der Waals surface area contributed by atoms with Crippen LogP contribution in [-0.2, 0) is 4.74 Å². The average molecular weight is 308 g/mol. The van der Waals surface area contributed by atoms with Gasteiger partial charge in [0.2, 0.25) is 5.79 Å². The van der Waals surface area contributed by atoms with Crippen LogP contribution in [0.5, 0.6) is 5.75 Å². The molecule has 0 amide bonds. The number of hydrogen-bond acceptors (Lipinski definition) is 3. The molecular weight excluding hydrogens is 276 g/mol. The van der Waals surface area contributed by atoms with Gasteiger partial charge in [0, 0.05) is 13.0 Å². The summed E-state index contributed by atoms with van der Waals surface area (Å²) in [5, 5.41) is 10.7. The maximum absolute atomic E-state index is 10.7. The third kappa shape index (κ3) is 8.40. The smallest absolute Gasteiger partial charge is 0.231 e. The first-order chi connectivity index (χ1) is 10.7. The average Bonchev–Trinajstić information content (AvgIpc) is 2.53. The van der Waals surface area contributed by atoms with E-state index in [0.29, 0.717) is 18.8 Å². The highest BCUT2D eigenvalue weighted by atomic mass is 16.6. The molecule has 1 rings (SSSR count). The number of rotatable bonds is 13. The van der Waals surface area contributed by atoms with Gasteiger partial charge in [-0.2, -0.15) is 0 Å². The molecule has 126 valence electrons. The molecule has 0 saturated heterocycles. The van der Waals surface area contributed by atoms with Crippen LogP contribution in [0.1, 0.15) is 65.2 Å². The Kier molecular flexibility index (Phi) is 9.93. The molecule has 0 saturated carbocycles. The molecule has 3 heteroatoms. The Bertz CT molecular complexity index is 366. The van der Waals surface area contributed by atoms with E-state index in [9.17, 15) is 5.11 Å². The lowest BCUT2D eigenvalue weighted by Crippen LogP contribution is -2.41. The zero-order chi connectivity index (χ0) is 16.1. The first-order valence-corrected chi connectivity index (χ1v) is 8.74. The Morgan fingerprint density at radius 2 is 1.55 bits per heavy atom. The summed E-state index contributed by atoms with van der Waals surface area (Å²) in [6.07, 6.45) is 9.15. The quantitative estimate of drug-likeness (QED) is 0.415. The van der Waals surface area contributed by atoms with Crippen molar-refractivity contribution < 1.29 is 14.6 Å². The lowest BCUT2D eigenvalue weighted by Gasteiger charge is -2.29. The molecule has 1 unspecified atom stereocenters. The van der Waals surface area contributed by atoms with Gasteiger partial charge in [-0.15, -0.1) is 0 Å². The van der Waals surface area contributed by atoms with Gasteiger partial charge in [0.15, 0.2) is 0 Å². The summed E-state index contributed by atoms with van der Waals surface area (Å²) < 4.78 is 11.2. The number of aliphatic hydroxyl groups is 1. The molecule has 0 aliphatic carbocycles. The maximum Gasteiger partial charge on any atom is 0.231 e. The fraction of sp³-hybridized carbons (Fsp3) is 0.684. The fourth-order valence-corrected chi connectivity index (χ4v) is 2.48. The molecule has 1 atom stereocenters. The van der Waals surface area contributed by atoms with Crippen molar-refractivity contribution in [1.29, 1.82) is 0 Å². The van der Waals surface area contributed by atoms with Crippen molar-refractivity contribution in [2.24, 2.45) is 0 Å². The first-order valence-electron chi connectivity index (χ1n) is 8.74. The SMILES string of the molecule is CCCCCCCCCC(O)(COCC)Oc1ccccc1. The van der Waals surface area contributed by atoms with Gasteiger partial charge in [-0.25, -0.2) is 0 Å². The maximum atomic E-state index is 10.7. The molecule has 0 bridgehead atoms. The van der Waals surface area contributed by atoms with Crippen LogP contribution in [0.4, 0.5) is 0 Å². The molecule has 0 fully saturated rings. The first kappa shape index (κ1) is 19.0. The summed E-state index contributed by atoms with van der Waals surface area (Å²) in [6.45, 7) is 4.96. The van der Waals surface area contributed by atoms with Crippen molar-refractivity contribution in [3.05, 3.63) is 30.3 Å². The summed E-state index contributed by atoms with van der Waals surface area (Å²) in [5.41, 5.74) is 0. The van der Waals surface area contributed by atoms with E-state index in [1.807, 2.05) is 37.3 Å². The van der Waals surface area contributed by atoms with Crippen molar-refractivity contribution >= 4 is 0 Å². The minimum atomic E-state index is -1.22. The Balaban J connectivity index is 2.35. The van der Waals surface area contributed by atoms with E-state index in [-0.39, 0.29) is 6.61 Å². The third-order valence-corrected chi connectivity index (χ3v) is 3.75. The monoisotopic (exact) mass is 308 g/mol. The molecule has 0 aromatic heterocycles. The van der Waals surface area contributed by atoms with Crippen LogP contribution >= 0.6 is 0 Å². The van der Waals surface area contributed by atoms with Gasteiger partial charge >= 0.3 is 0 Å². The van der Waals surface area contributed by atoms with Crippen molar-refractivity contribution in [2.75, 3.05) is 13.2 Å². The highest BCUT2D eigenvalue weighted by Crippen LogP contribution is 2.22. The van der Waals surface area contributed by atoms with Gasteiger partial charge in [-0.05, 0) is 25.5 Å². The van der Waals surface area contributed by atoms with E-state index in [2.05, 4.69) is 6.92 Å². The van der Waals surface area contributed by atoms with Gasteiger partial charge in [0.25, 0.3) is 0 Å². The minimum Gasteiger partial charge on any atom is -0.460 e. The molecule has 3 nitrogen and oxygen atoms in total. The van der Waals surface area contributed by atoms with Crippen LogP contribution in [0.3, 0.4) is 0 Å². The topological polar surface area (TPSA) is 38.7 Å². The standard InChI is InChI=1S/C19H32O3/c1-3-5-6-7-8-9-13-16-19(20,17-21-4-2)22-18-14-11-10-12-15-18/h10-12,14-15,20H,3-9,13,16-17H2,1-2H3. The molecule has 1 aromatic carbocycles. The predicted octanol–water partition coefficient (Wildman–Crippen LogP) is 4.93. The van der Waals surface area contributed by atoms with Crippen LogP contribution in [0, 0.1) is 0 Å². The largest absolute Gasteiger partial charge is 0.460 e. The molecular formula is C19H32O3. The molecule has 0 radical (unpaired) electrons. The minimum absolute atomic E-state index is 0.216. The fourth-order valence-electron chi connectivity index (χ4n) is 2.48. The number of hydrogen-bond donors (Lipinski definition) is 1. The van der Waals surface area contributed by atoms with Crippen LogP contribution in [0.2, 0.25) is 0 Å². The second-order valence-electron chi connectivity index (χ2n) is 5.87. The molecule has 0 aliphatic heterocycles. The van der Waals surface area contributed by atoms with Crippen LogP contribution in [0.15, 0.2) is 30.3 Å². The highest BCUT2D eigenvalue weighted by Gasteiger charge is 2.29. The Morgan fingerprint density at radius 3 is 2.18 bits per heavy atom.